The van der Waals surface area contributed by atoms with Gasteiger partial charge in [0, 0.05) is 61.3 Å². The number of aliphatic hydroxyl groups is 1. The Morgan fingerprint density at radius 3 is 1.99 bits per heavy atom. The van der Waals surface area contributed by atoms with Crippen molar-refractivity contribution < 1.29 is 71.7 Å². The van der Waals surface area contributed by atoms with Gasteiger partial charge in [-0.15, -0.1) is 0 Å². The van der Waals surface area contributed by atoms with Gasteiger partial charge in [0.05, 0.1) is 12.5 Å². The van der Waals surface area contributed by atoms with Crippen LogP contribution >= 0.6 is 0 Å². The lowest BCUT2D eigenvalue weighted by Gasteiger charge is -2.42. The summed E-state index contributed by atoms with van der Waals surface area (Å²) in [6, 6.07) is 13.7. The second-order valence-corrected chi connectivity index (χ2v) is 19.4. The number of carboxylic acids is 1. The van der Waals surface area contributed by atoms with Crippen LogP contribution in [0.2, 0.25) is 0 Å². The number of benzene rings is 3. The van der Waals surface area contributed by atoms with Crippen LogP contribution in [0.1, 0.15) is 70.3 Å². The van der Waals surface area contributed by atoms with Crippen LogP contribution < -0.4 is 27.0 Å². The van der Waals surface area contributed by atoms with Gasteiger partial charge in [-0.2, -0.15) is 0 Å². The number of halogens is 2. The molecule has 9 amide bonds. The molecule has 0 unspecified atom stereocenters. The molecule has 2 heterocycles. The van der Waals surface area contributed by atoms with Crippen molar-refractivity contribution in [3.63, 3.8) is 0 Å². The Morgan fingerprint density at radius 2 is 1.40 bits per heavy atom. The van der Waals surface area contributed by atoms with Gasteiger partial charge in [-0.05, 0) is 61.1 Å². The van der Waals surface area contributed by atoms with Crippen LogP contribution in [0.5, 0.6) is 0 Å². The minimum absolute atomic E-state index is 0.114. The number of ether oxygens (including phenoxy) is 1. The first kappa shape index (κ1) is 60.1. The highest BCUT2D eigenvalue weighted by Crippen LogP contribution is 2.41. The Balaban J connectivity index is 1.54. The zero-order chi connectivity index (χ0) is 57.4. The van der Waals surface area contributed by atoms with Crippen molar-refractivity contribution in [2.75, 3.05) is 32.8 Å². The van der Waals surface area contributed by atoms with E-state index in [0.29, 0.717) is 21.1 Å². The van der Waals surface area contributed by atoms with E-state index in [9.17, 15) is 62.5 Å². The number of nitrogens with two attached hydrogens (primary N) is 1. The topological polar surface area (TPSA) is 309 Å². The van der Waals surface area contributed by atoms with Crippen molar-refractivity contribution in [2.24, 2.45) is 11.1 Å². The maximum Gasteiger partial charge on any atom is 0.408 e. The van der Waals surface area contributed by atoms with Gasteiger partial charge in [-0.1, -0.05) is 81.4 Å². The summed E-state index contributed by atoms with van der Waals surface area (Å²) >= 11 is 0. The van der Waals surface area contributed by atoms with Crippen molar-refractivity contribution >= 4 is 59.3 Å². The third kappa shape index (κ3) is 16.4. The average Bonchev–Trinajstić information content (AvgIpc) is 4.00. The SMILES string of the molecule is C[C@@H](NC(=O)OCc1ccccc1)C(=O)N[C@H](C)C(=O)N([C@@H](CC(N)=O)C(=O)O)[C@@H](CCN(C(=O)CO)[C@@H](c1cc(-c2cc(F)ccc2F)cn1Cc1ccccc1)C(C)(C)C)C(=O)NCCNC(=O)CN1C(=O)C=CC1=O. The predicted molar refractivity (Wildman–Crippen MR) is 276 cm³/mol. The molecule has 1 aromatic heterocycles. The highest BCUT2D eigenvalue weighted by molar-refractivity contribution is 6.14. The summed E-state index contributed by atoms with van der Waals surface area (Å²) in [6.45, 7) is 4.50. The summed E-state index contributed by atoms with van der Waals surface area (Å²) in [7, 11) is 0. The predicted octanol–water partition coefficient (Wildman–Crippen LogP) is 2.28. The van der Waals surface area contributed by atoms with Gasteiger partial charge in [-0.3, -0.25) is 43.3 Å². The Kier molecular flexibility index (Phi) is 21.0. The zero-order valence-corrected chi connectivity index (χ0v) is 43.6. The Morgan fingerprint density at radius 1 is 0.782 bits per heavy atom. The number of carbonyl (C=O) groups is 10. The third-order valence-corrected chi connectivity index (χ3v) is 12.4. The van der Waals surface area contributed by atoms with Gasteiger partial charge < -0.3 is 56.3 Å². The number of hydrogen-bond acceptors (Lipinski definition) is 12. The van der Waals surface area contributed by atoms with Crippen molar-refractivity contribution in [3.8, 4) is 11.1 Å². The molecule has 3 aromatic carbocycles. The van der Waals surface area contributed by atoms with Crippen LogP contribution in [-0.4, -0.2) is 146 Å². The van der Waals surface area contributed by atoms with E-state index in [0.717, 1.165) is 42.8 Å². The fourth-order valence-corrected chi connectivity index (χ4v) is 8.70. The molecule has 0 aliphatic carbocycles. The van der Waals surface area contributed by atoms with Crippen molar-refractivity contribution in [1.82, 2.24) is 40.5 Å². The van der Waals surface area contributed by atoms with Crippen molar-refractivity contribution in [1.29, 1.82) is 0 Å². The molecule has 24 heteroatoms. The number of nitrogens with one attached hydrogen (secondary N) is 4. The molecule has 1 aliphatic rings. The third-order valence-electron chi connectivity index (χ3n) is 12.4. The molecule has 0 radical (unpaired) electrons. The Bertz CT molecular complexity index is 2880. The summed E-state index contributed by atoms with van der Waals surface area (Å²) in [6.07, 6.45) is 0.782. The number of aliphatic hydroxyl groups excluding tert-OH is 1. The van der Waals surface area contributed by atoms with Crippen LogP contribution in [0.4, 0.5) is 13.6 Å². The van der Waals surface area contributed by atoms with Crippen LogP contribution in [0.25, 0.3) is 11.1 Å². The molecule has 5 rings (SSSR count). The van der Waals surface area contributed by atoms with E-state index in [1.165, 1.54) is 11.8 Å². The molecule has 0 spiro atoms. The molecule has 4 aromatic rings. The number of nitrogens with zero attached hydrogens (tertiary/aromatic N) is 4. The number of aliphatic carboxylic acids is 1. The van der Waals surface area contributed by atoms with Crippen LogP contribution in [-0.2, 0) is 61.0 Å². The lowest BCUT2D eigenvalue weighted by Crippen LogP contribution is -2.62. The number of carboxylic acid groups (broad SMARTS) is 1. The summed E-state index contributed by atoms with van der Waals surface area (Å²) in [5.74, 6) is -11.1. The largest absolute Gasteiger partial charge is 0.480 e. The summed E-state index contributed by atoms with van der Waals surface area (Å²) < 4.78 is 37.1. The number of aromatic nitrogens is 1. The summed E-state index contributed by atoms with van der Waals surface area (Å²) in [5, 5.41) is 30.9. The van der Waals surface area contributed by atoms with E-state index in [-0.39, 0.29) is 30.8 Å². The molecule has 78 heavy (non-hydrogen) atoms. The quantitative estimate of drug-likeness (QED) is 0.0351. The standard InChI is InChI=1S/C54H63F2N9O13/c1-32(61-53(77)78-31-35-14-10-7-11-15-35)49(72)60-33(2)51(74)65(42(52(75)76)26-43(57)67)40(50(73)59-22-21-58-44(68)29-64-45(69)18-19-46(64)70)20-23-63(47(71)30-66)48(54(3,4)5)41-24-36(38-25-37(55)16-17-39(38)56)28-62(41)27-34-12-8-6-9-13-34/h6-19,24-25,28,32-33,40,42,48,66H,20-23,26-27,29-31H2,1-5H3,(H2,57,67)(H,58,68)(H,59,73)(H,60,72)(H,61,77)(H,75,76)/t32-,33-,40+,42+,48+/m1/s1. The molecule has 0 saturated carbocycles. The highest BCUT2D eigenvalue weighted by Gasteiger charge is 2.44. The number of amides is 9. The van der Waals surface area contributed by atoms with Crippen LogP contribution in [0.3, 0.4) is 0 Å². The monoisotopic (exact) mass is 1080 g/mol. The summed E-state index contributed by atoms with van der Waals surface area (Å²) in [5.41, 5.74) is 6.36. The molecule has 0 bridgehead atoms. The van der Waals surface area contributed by atoms with E-state index < -0.39 is 146 Å². The van der Waals surface area contributed by atoms with Gasteiger partial charge >= 0.3 is 12.1 Å². The molecule has 0 saturated heterocycles. The minimum Gasteiger partial charge on any atom is -0.480 e. The maximum atomic E-state index is 15.5. The van der Waals surface area contributed by atoms with Gasteiger partial charge in [0.15, 0.2) is 0 Å². The van der Waals surface area contributed by atoms with Gasteiger partial charge in [0.25, 0.3) is 11.8 Å². The number of carbonyl (C=O) groups excluding carboxylic acids is 9. The van der Waals surface area contributed by atoms with E-state index >= 15 is 4.39 Å². The van der Waals surface area contributed by atoms with Crippen LogP contribution in [0, 0.1) is 17.0 Å². The number of hydrogen-bond donors (Lipinski definition) is 7. The Hall–Kier alpha value is -8.80. The second-order valence-electron chi connectivity index (χ2n) is 19.4. The van der Waals surface area contributed by atoms with E-state index in [1.807, 2.05) is 12.1 Å². The van der Waals surface area contributed by atoms with Gasteiger partial charge in [0.2, 0.25) is 35.4 Å². The fourth-order valence-electron chi connectivity index (χ4n) is 8.70. The zero-order valence-electron chi connectivity index (χ0n) is 43.6. The highest BCUT2D eigenvalue weighted by atomic mass is 19.1. The lowest BCUT2D eigenvalue weighted by molar-refractivity contribution is -0.158. The first-order valence-corrected chi connectivity index (χ1v) is 24.7. The smallest absolute Gasteiger partial charge is 0.408 e. The first-order chi connectivity index (χ1) is 36.9. The number of rotatable bonds is 26. The number of primary amides is 1. The van der Waals surface area contributed by atoms with Crippen molar-refractivity contribution in [2.45, 2.75) is 90.8 Å². The normalized spacial score (nSPS) is 14.1. The number of alkyl carbamates (subject to hydrolysis) is 1. The minimum atomic E-state index is -2.22. The lowest BCUT2D eigenvalue weighted by atomic mass is 9.82. The molecular weight excluding hydrogens is 1020 g/mol. The van der Waals surface area contributed by atoms with Gasteiger partial charge in [0.1, 0.15) is 55.6 Å². The van der Waals surface area contributed by atoms with E-state index in [1.54, 1.807) is 86.1 Å². The van der Waals surface area contributed by atoms with E-state index in [2.05, 4.69) is 21.3 Å². The molecule has 1 aliphatic heterocycles. The molecule has 8 N–H and O–H groups in total. The molecule has 416 valence electrons. The average molecular weight is 1080 g/mol. The fraction of sp³-hybridized carbons (Fsp3) is 0.370. The molecular formula is C54H63F2N9O13. The molecule has 5 atom stereocenters. The maximum absolute atomic E-state index is 15.5. The first-order valence-electron chi connectivity index (χ1n) is 24.7. The number of imide groups is 1. The van der Waals surface area contributed by atoms with Crippen LogP contribution in [0.15, 0.2) is 103 Å². The summed E-state index contributed by atoms with van der Waals surface area (Å²) in [4.78, 5) is 135. The second kappa shape index (κ2) is 27.3. The van der Waals surface area contributed by atoms with Crippen molar-refractivity contribution in [3.05, 3.63) is 132 Å². The van der Waals surface area contributed by atoms with E-state index in [4.69, 9.17) is 10.5 Å². The molecule has 22 nitrogen and oxygen atoms in total. The van der Waals surface area contributed by atoms with Gasteiger partial charge in [-0.25, -0.2) is 18.4 Å². The Labute approximate surface area is 447 Å². The molecule has 0 fully saturated rings.